The molecule has 0 saturated heterocycles. The second-order valence-corrected chi connectivity index (χ2v) is 4.23. The van der Waals surface area contributed by atoms with Crippen LogP contribution in [0, 0.1) is 10.1 Å². The minimum atomic E-state index is -0.469. The highest BCUT2D eigenvalue weighted by Crippen LogP contribution is 2.24. The summed E-state index contributed by atoms with van der Waals surface area (Å²) in [7, 11) is 1.62. The number of non-ortho nitro benzene ring substituents is 1. The molecule has 0 heterocycles. The minimum Gasteiger partial charge on any atom is -0.497 e. The van der Waals surface area contributed by atoms with Crippen LogP contribution in [0.25, 0.3) is 0 Å². The maximum Gasteiger partial charge on any atom is 0.271 e. The molecule has 0 amide bonds. The number of nitro groups is 1. The molecule has 0 radical (unpaired) electrons. The highest BCUT2D eigenvalue weighted by atomic mass is 16.6. The van der Waals surface area contributed by atoms with Crippen molar-refractivity contribution in [3.05, 3.63) is 58.1 Å². The van der Waals surface area contributed by atoms with Gasteiger partial charge in [0.2, 0.25) is 0 Å². The molecule has 6 nitrogen and oxygen atoms in total. The van der Waals surface area contributed by atoms with E-state index in [-0.39, 0.29) is 5.69 Å². The smallest absolute Gasteiger partial charge is 0.271 e. The van der Waals surface area contributed by atoms with Crippen LogP contribution in [0.15, 0.2) is 42.5 Å². The average molecular weight is 273 g/mol. The summed E-state index contributed by atoms with van der Waals surface area (Å²) in [4.78, 5) is 10.2. The van der Waals surface area contributed by atoms with E-state index >= 15 is 0 Å². The van der Waals surface area contributed by atoms with Gasteiger partial charge in [0, 0.05) is 18.7 Å². The lowest BCUT2D eigenvalue weighted by molar-refractivity contribution is -0.384. The Balaban J connectivity index is 2.04. The molecule has 0 bridgehead atoms. The third-order valence-corrected chi connectivity index (χ3v) is 2.89. The predicted octanol–water partition coefficient (Wildman–Crippen LogP) is 2.80. The largest absolute Gasteiger partial charge is 0.497 e. The highest BCUT2D eigenvalue weighted by Gasteiger charge is 2.08. The van der Waals surface area contributed by atoms with E-state index in [2.05, 4.69) is 5.32 Å². The van der Waals surface area contributed by atoms with Gasteiger partial charge in [-0.15, -0.1) is 0 Å². The van der Waals surface area contributed by atoms with Gasteiger partial charge in [-0.05, 0) is 23.8 Å². The van der Waals surface area contributed by atoms with Crippen LogP contribution >= 0.6 is 0 Å². The van der Waals surface area contributed by atoms with Gasteiger partial charge in [-0.25, -0.2) is 0 Å². The number of hydrogen-bond acceptors (Lipinski definition) is 5. The van der Waals surface area contributed by atoms with Crippen LogP contribution < -0.4 is 15.8 Å². The third-order valence-electron chi connectivity index (χ3n) is 2.89. The molecular weight excluding hydrogens is 258 g/mol. The summed E-state index contributed by atoms with van der Waals surface area (Å²) in [6.45, 7) is 0.575. The maximum absolute atomic E-state index is 10.6. The van der Waals surface area contributed by atoms with Gasteiger partial charge in [-0.1, -0.05) is 12.1 Å². The number of nitrogens with one attached hydrogen (secondary N) is 1. The SMILES string of the molecule is COc1ccc(CNc2ccc([N+](=O)[O-])cc2N)cc1. The van der Waals surface area contributed by atoms with Crippen molar-refractivity contribution in [1.29, 1.82) is 0 Å². The fraction of sp³-hybridized carbons (Fsp3) is 0.143. The van der Waals surface area contributed by atoms with Gasteiger partial charge in [0.15, 0.2) is 0 Å². The zero-order chi connectivity index (χ0) is 14.5. The molecule has 2 aromatic rings. The number of ether oxygens (including phenoxy) is 1. The van der Waals surface area contributed by atoms with Crippen LogP contribution in [0.4, 0.5) is 17.1 Å². The van der Waals surface area contributed by atoms with Crippen LogP contribution in [0.2, 0.25) is 0 Å². The molecule has 0 aliphatic heterocycles. The Hall–Kier alpha value is -2.76. The molecule has 2 aromatic carbocycles. The summed E-state index contributed by atoms with van der Waals surface area (Å²) in [5, 5.41) is 13.8. The minimum absolute atomic E-state index is 0.0162. The highest BCUT2D eigenvalue weighted by molar-refractivity contribution is 5.69. The number of nitrogens with zero attached hydrogens (tertiary/aromatic N) is 1. The van der Waals surface area contributed by atoms with Crippen molar-refractivity contribution in [2.24, 2.45) is 0 Å². The monoisotopic (exact) mass is 273 g/mol. The predicted molar refractivity (Wildman–Crippen MR) is 77.8 cm³/mol. The first kappa shape index (κ1) is 13.7. The Labute approximate surface area is 116 Å². The summed E-state index contributed by atoms with van der Waals surface area (Å²) in [6.07, 6.45) is 0. The number of rotatable bonds is 5. The number of hydrogen-bond donors (Lipinski definition) is 2. The number of nitrogens with two attached hydrogens (primary N) is 1. The summed E-state index contributed by atoms with van der Waals surface area (Å²) in [6, 6.07) is 12.0. The molecule has 0 unspecified atom stereocenters. The van der Waals surface area contributed by atoms with Gasteiger partial charge in [0.25, 0.3) is 5.69 Å². The molecule has 0 aliphatic carbocycles. The topological polar surface area (TPSA) is 90.4 Å². The average Bonchev–Trinajstić information content (AvgIpc) is 2.46. The lowest BCUT2D eigenvalue weighted by atomic mass is 10.2. The first-order valence-corrected chi connectivity index (χ1v) is 6.01. The zero-order valence-corrected chi connectivity index (χ0v) is 11.0. The normalized spacial score (nSPS) is 10.1. The van der Waals surface area contributed by atoms with E-state index in [0.29, 0.717) is 17.9 Å². The summed E-state index contributed by atoms with van der Waals surface area (Å²) < 4.78 is 5.08. The third kappa shape index (κ3) is 3.17. The molecular formula is C14H15N3O3. The summed E-state index contributed by atoms with van der Waals surface area (Å²) >= 11 is 0. The van der Waals surface area contributed by atoms with E-state index in [1.54, 1.807) is 13.2 Å². The molecule has 2 rings (SSSR count). The van der Waals surface area contributed by atoms with Gasteiger partial charge in [-0.2, -0.15) is 0 Å². The van der Waals surface area contributed by atoms with Crippen molar-refractivity contribution in [3.63, 3.8) is 0 Å². The molecule has 0 spiro atoms. The first-order chi connectivity index (χ1) is 9.60. The van der Waals surface area contributed by atoms with Crippen LogP contribution in [0.1, 0.15) is 5.56 Å². The Morgan fingerprint density at radius 2 is 1.95 bits per heavy atom. The van der Waals surface area contributed by atoms with Crippen molar-refractivity contribution in [2.75, 3.05) is 18.2 Å². The van der Waals surface area contributed by atoms with Crippen LogP contribution in [0.3, 0.4) is 0 Å². The summed E-state index contributed by atoms with van der Waals surface area (Å²) in [5.41, 5.74) is 7.85. The summed E-state index contributed by atoms with van der Waals surface area (Å²) in [5.74, 6) is 0.795. The fourth-order valence-electron chi connectivity index (χ4n) is 1.77. The first-order valence-electron chi connectivity index (χ1n) is 6.01. The standard InChI is InChI=1S/C14H15N3O3/c1-20-12-5-2-10(3-6-12)9-16-14-7-4-11(17(18)19)8-13(14)15/h2-8,16H,9,15H2,1H3. The number of anilines is 2. The number of nitro benzene ring substituents is 1. The Morgan fingerprint density at radius 3 is 2.50 bits per heavy atom. The van der Waals surface area contributed by atoms with E-state index in [4.69, 9.17) is 10.5 Å². The molecule has 6 heteroatoms. The van der Waals surface area contributed by atoms with E-state index < -0.39 is 4.92 Å². The Morgan fingerprint density at radius 1 is 1.25 bits per heavy atom. The van der Waals surface area contributed by atoms with Gasteiger partial charge >= 0.3 is 0 Å². The van der Waals surface area contributed by atoms with Crippen LogP contribution in [-0.4, -0.2) is 12.0 Å². The van der Waals surface area contributed by atoms with Crippen molar-refractivity contribution in [3.8, 4) is 5.75 Å². The van der Waals surface area contributed by atoms with Crippen LogP contribution in [-0.2, 0) is 6.54 Å². The molecule has 104 valence electrons. The maximum atomic E-state index is 10.6. The zero-order valence-electron chi connectivity index (χ0n) is 11.0. The molecule has 0 fully saturated rings. The molecule has 0 aliphatic rings. The molecule has 0 atom stereocenters. The second kappa shape index (κ2) is 5.92. The van der Waals surface area contributed by atoms with Crippen molar-refractivity contribution in [1.82, 2.24) is 0 Å². The Bertz CT molecular complexity index is 612. The molecule has 0 aromatic heterocycles. The lowest BCUT2D eigenvalue weighted by Gasteiger charge is -2.09. The van der Waals surface area contributed by atoms with Gasteiger partial charge in [0.1, 0.15) is 5.75 Å². The van der Waals surface area contributed by atoms with E-state index in [1.807, 2.05) is 24.3 Å². The molecule has 3 N–H and O–H groups in total. The number of methoxy groups -OCH3 is 1. The van der Waals surface area contributed by atoms with E-state index in [1.165, 1.54) is 12.1 Å². The second-order valence-electron chi connectivity index (χ2n) is 4.23. The van der Waals surface area contributed by atoms with Crippen molar-refractivity contribution >= 4 is 17.1 Å². The number of nitrogen functional groups attached to an aromatic ring is 1. The van der Waals surface area contributed by atoms with E-state index in [0.717, 1.165) is 11.3 Å². The van der Waals surface area contributed by atoms with Gasteiger partial charge in [0.05, 0.1) is 23.4 Å². The van der Waals surface area contributed by atoms with Crippen molar-refractivity contribution in [2.45, 2.75) is 6.54 Å². The fourth-order valence-corrected chi connectivity index (χ4v) is 1.77. The molecule has 0 saturated carbocycles. The molecule has 20 heavy (non-hydrogen) atoms. The van der Waals surface area contributed by atoms with Crippen molar-refractivity contribution < 1.29 is 9.66 Å². The van der Waals surface area contributed by atoms with E-state index in [9.17, 15) is 10.1 Å². The van der Waals surface area contributed by atoms with Gasteiger partial charge < -0.3 is 15.8 Å². The van der Waals surface area contributed by atoms with Crippen LogP contribution in [0.5, 0.6) is 5.75 Å². The quantitative estimate of drug-likeness (QED) is 0.496. The number of benzene rings is 2. The van der Waals surface area contributed by atoms with Gasteiger partial charge in [-0.3, -0.25) is 10.1 Å². The Kier molecular flexibility index (Phi) is 4.05. The lowest BCUT2D eigenvalue weighted by Crippen LogP contribution is -2.03.